The lowest BCUT2D eigenvalue weighted by atomic mass is 10.1. The van der Waals surface area contributed by atoms with Crippen molar-refractivity contribution in [2.45, 2.75) is 19.0 Å². The van der Waals surface area contributed by atoms with Gasteiger partial charge in [0.05, 0.1) is 16.7 Å². The van der Waals surface area contributed by atoms with Crippen molar-refractivity contribution in [2.24, 2.45) is 0 Å². The van der Waals surface area contributed by atoms with E-state index in [1.807, 2.05) is 6.26 Å². The molecule has 0 unspecified atom stereocenters. The molecule has 30 heavy (non-hydrogen) atoms. The predicted octanol–water partition coefficient (Wildman–Crippen LogP) is 2.25. The quantitative estimate of drug-likeness (QED) is 0.454. The van der Waals surface area contributed by atoms with Crippen LogP contribution in [0.15, 0.2) is 48.5 Å². The summed E-state index contributed by atoms with van der Waals surface area (Å²) in [6.45, 7) is 0.163. The molecule has 0 heterocycles. The maximum Gasteiger partial charge on any atom is 0.336 e. The Labute approximate surface area is 177 Å². The summed E-state index contributed by atoms with van der Waals surface area (Å²) >= 11 is 1.52. The molecule has 0 aliphatic carbocycles. The Balaban J connectivity index is 2.07. The first kappa shape index (κ1) is 23.0. The van der Waals surface area contributed by atoms with E-state index in [0.29, 0.717) is 17.7 Å². The number of carbonyl (C=O) groups is 4. The van der Waals surface area contributed by atoms with Gasteiger partial charge in [-0.25, -0.2) is 9.59 Å². The van der Waals surface area contributed by atoms with Crippen LogP contribution in [0.2, 0.25) is 0 Å². The lowest BCUT2D eigenvalue weighted by Gasteiger charge is -2.19. The van der Waals surface area contributed by atoms with Gasteiger partial charge in [-0.15, -0.1) is 0 Å². The zero-order valence-electron chi connectivity index (χ0n) is 16.3. The molecule has 0 aliphatic rings. The number of amides is 2. The van der Waals surface area contributed by atoms with Crippen LogP contribution in [0.1, 0.15) is 43.1 Å². The Kier molecular flexibility index (Phi) is 8.42. The van der Waals surface area contributed by atoms with Crippen molar-refractivity contribution >= 4 is 35.5 Å². The van der Waals surface area contributed by atoms with E-state index >= 15 is 0 Å². The summed E-state index contributed by atoms with van der Waals surface area (Å²) in [6.07, 6.45) is 2.24. The van der Waals surface area contributed by atoms with Gasteiger partial charge in [0.2, 0.25) is 5.91 Å². The number of thioether (sulfide) groups is 1. The van der Waals surface area contributed by atoms with Crippen LogP contribution in [0.3, 0.4) is 0 Å². The topological polar surface area (TPSA) is 133 Å². The van der Waals surface area contributed by atoms with E-state index < -0.39 is 29.8 Å². The van der Waals surface area contributed by atoms with Crippen molar-refractivity contribution in [1.82, 2.24) is 10.6 Å². The third kappa shape index (κ3) is 6.35. The number of carboxylic acid groups (broad SMARTS) is 2. The van der Waals surface area contributed by atoms with Crippen LogP contribution in [0, 0.1) is 0 Å². The number of rotatable bonds is 10. The van der Waals surface area contributed by atoms with Gasteiger partial charge in [0, 0.05) is 6.54 Å². The molecule has 0 aromatic heterocycles. The first-order chi connectivity index (χ1) is 14.3. The summed E-state index contributed by atoms with van der Waals surface area (Å²) in [4.78, 5) is 47.5. The third-order valence-corrected chi connectivity index (χ3v) is 4.95. The predicted molar refractivity (Wildman–Crippen MR) is 113 cm³/mol. The molecule has 8 nitrogen and oxygen atoms in total. The van der Waals surface area contributed by atoms with Crippen molar-refractivity contribution in [3.8, 4) is 0 Å². The Bertz CT molecular complexity index is 929. The molecule has 0 saturated heterocycles. The molecule has 1 atom stereocenters. The molecule has 2 amide bonds. The smallest absolute Gasteiger partial charge is 0.336 e. The summed E-state index contributed by atoms with van der Waals surface area (Å²) in [5.74, 6) is -2.69. The third-order valence-electron chi connectivity index (χ3n) is 4.30. The van der Waals surface area contributed by atoms with Crippen LogP contribution in [-0.4, -0.2) is 52.0 Å². The fraction of sp³-hybridized carbons (Fsp3) is 0.238. The van der Waals surface area contributed by atoms with Gasteiger partial charge in [-0.05, 0) is 48.3 Å². The zero-order valence-corrected chi connectivity index (χ0v) is 17.1. The van der Waals surface area contributed by atoms with E-state index in [1.165, 1.54) is 42.1 Å². The second-order valence-electron chi connectivity index (χ2n) is 6.38. The van der Waals surface area contributed by atoms with E-state index in [2.05, 4.69) is 10.6 Å². The number of nitrogens with one attached hydrogen (secondary N) is 2. The van der Waals surface area contributed by atoms with Crippen LogP contribution in [-0.2, 0) is 11.3 Å². The average Bonchev–Trinajstić information content (AvgIpc) is 2.74. The van der Waals surface area contributed by atoms with Gasteiger partial charge < -0.3 is 20.8 Å². The van der Waals surface area contributed by atoms with Crippen molar-refractivity contribution < 1.29 is 29.4 Å². The van der Waals surface area contributed by atoms with Crippen molar-refractivity contribution in [1.29, 1.82) is 0 Å². The summed E-state index contributed by atoms with van der Waals surface area (Å²) < 4.78 is 0. The van der Waals surface area contributed by atoms with E-state index in [0.717, 1.165) is 0 Å². The first-order valence-corrected chi connectivity index (χ1v) is 10.4. The summed E-state index contributed by atoms with van der Waals surface area (Å²) in [6, 6.07) is 11.0. The molecule has 0 saturated carbocycles. The molecular formula is C21H22N2O6S. The zero-order chi connectivity index (χ0) is 22.1. The monoisotopic (exact) mass is 430 g/mol. The molecule has 0 aliphatic heterocycles. The lowest BCUT2D eigenvalue weighted by molar-refractivity contribution is -0.123. The standard InChI is InChI=1S/C21H22N2O6S/c1-30-11-10-17(23-18(24)15-4-2-3-5-16(15)21(28)29)19(25)22-12-13-6-8-14(9-7-13)20(26)27/h2-9,17H,10-12H2,1H3,(H,22,25)(H,23,24)(H,26,27)(H,28,29)/t17-/m0/s1. The number of carboxylic acids is 2. The van der Waals surface area contributed by atoms with Gasteiger partial charge in [-0.3, -0.25) is 9.59 Å². The lowest BCUT2D eigenvalue weighted by Crippen LogP contribution is -2.47. The van der Waals surface area contributed by atoms with Gasteiger partial charge in [-0.1, -0.05) is 24.3 Å². The summed E-state index contributed by atoms with van der Waals surface area (Å²) in [7, 11) is 0. The second kappa shape index (κ2) is 11.0. The molecule has 2 rings (SSSR count). The van der Waals surface area contributed by atoms with Crippen molar-refractivity contribution in [2.75, 3.05) is 12.0 Å². The van der Waals surface area contributed by atoms with Crippen molar-refractivity contribution in [3.63, 3.8) is 0 Å². The fourth-order valence-electron chi connectivity index (χ4n) is 2.69. The highest BCUT2D eigenvalue weighted by molar-refractivity contribution is 7.98. The number of aromatic carboxylic acids is 2. The molecule has 158 valence electrons. The maximum atomic E-state index is 12.6. The molecule has 0 fully saturated rings. The molecule has 2 aromatic carbocycles. The second-order valence-corrected chi connectivity index (χ2v) is 7.36. The van der Waals surface area contributed by atoms with Crippen LogP contribution < -0.4 is 10.6 Å². The fourth-order valence-corrected chi connectivity index (χ4v) is 3.16. The SMILES string of the molecule is CSCC[C@H](NC(=O)c1ccccc1C(=O)O)C(=O)NCc1ccc(C(=O)O)cc1. The molecule has 9 heteroatoms. The highest BCUT2D eigenvalue weighted by Gasteiger charge is 2.23. The highest BCUT2D eigenvalue weighted by atomic mass is 32.2. The maximum absolute atomic E-state index is 12.6. The molecule has 0 spiro atoms. The van der Waals surface area contributed by atoms with Crippen LogP contribution in [0.5, 0.6) is 0 Å². The van der Waals surface area contributed by atoms with Crippen molar-refractivity contribution in [3.05, 3.63) is 70.8 Å². The van der Waals surface area contributed by atoms with E-state index in [-0.39, 0.29) is 23.2 Å². The number of hydrogen-bond donors (Lipinski definition) is 4. The minimum atomic E-state index is -1.23. The van der Waals surface area contributed by atoms with Gasteiger partial charge in [0.1, 0.15) is 6.04 Å². The molecule has 4 N–H and O–H groups in total. The minimum absolute atomic E-state index is 0.0174. The van der Waals surface area contributed by atoms with E-state index in [1.54, 1.807) is 18.2 Å². The van der Waals surface area contributed by atoms with Gasteiger partial charge in [0.15, 0.2) is 0 Å². The molecular weight excluding hydrogens is 408 g/mol. The van der Waals surface area contributed by atoms with Crippen LogP contribution >= 0.6 is 11.8 Å². The van der Waals surface area contributed by atoms with Crippen LogP contribution in [0.25, 0.3) is 0 Å². The molecule has 0 bridgehead atoms. The normalized spacial score (nSPS) is 11.4. The van der Waals surface area contributed by atoms with Gasteiger partial charge in [0.25, 0.3) is 5.91 Å². The Morgan fingerprint density at radius 1 is 0.933 bits per heavy atom. The number of benzene rings is 2. The largest absolute Gasteiger partial charge is 0.478 e. The highest BCUT2D eigenvalue weighted by Crippen LogP contribution is 2.11. The molecule has 2 aromatic rings. The molecule has 0 radical (unpaired) electrons. The average molecular weight is 430 g/mol. The summed E-state index contributed by atoms with van der Waals surface area (Å²) in [5, 5.41) is 23.5. The number of carbonyl (C=O) groups excluding carboxylic acids is 2. The van der Waals surface area contributed by atoms with Gasteiger partial charge in [-0.2, -0.15) is 11.8 Å². The Hall–Kier alpha value is -3.33. The van der Waals surface area contributed by atoms with E-state index in [4.69, 9.17) is 5.11 Å². The van der Waals surface area contributed by atoms with E-state index in [9.17, 15) is 24.3 Å². The van der Waals surface area contributed by atoms with Gasteiger partial charge >= 0.3 is 11.9 Å². The number of hydrogen-bond acceptors (Lipinski definition) is 5. The van der Waals surface area contributed by atoms with Crippen LogP contribution in [0.4, 0.5) is 0 Å². The Morgan fingerprint density at radius 3 is 2.13 bits per heavy atom. The first-order valence-electron chi connectivity index (χ1n) is 9.05. The summed E-state index contributed by atoms with van der Waals surface area (Å²) in [5.41, 5.74) is 0.695. The Morgan fingerprint density at radius 2 is 1.57 bits per heavy atom. The minimum Gasteiger partial charge on any atom is -0.478 e.